The van der Waals surface area contributed by atoms with Crippen molar-refractivity contribution in [3.63, 3.8) is 0 Å². The predicted molar refractivity (Wildman–Crippen MR) is 111 cm³/mol. The summed E-state index contributed by atoms with van der Waals surface area (Å²) in [6.07, 6.45) is 2.62. The molecular weight excluding hydrogens is 424 g/mol. The number of nitrogens with two attached hydrogens (primary N) is 1. The average molecular weight is 441 g/mol. The van der Waals surface area contributed by atoms with Crippen molar-refractivity contribution in [2.24, 2.45) is 5.73 Å². The van der Waals surface area contributed by atoms with Crippen LogP contribution in [0.4, 0.5) is 14.6 Å². The fourth-order valence-electron chi connectivity index (χ4n) is 3.89. The Hall–Kier alpha value is -3.47. The van der Waals surface area contributed by atoms with Gasteiger partial charge in [-0.25, -0.2) is 13.8 Å². The zero-order valence-electron chi connectivity index (χ0n) is 16.1. The standard InChI is InChI=1S/C20H17F2N7OS/c21-11-6-20(7-11,17-12(22)2-1-5-24-17)10-25-16-4-3-13(27-28-16)14-8-29-15(18(23)30)9-31-19(29)26-14/h1-5,8-9,11H,6-7,10H2,(H2,23,30)(H,25,28). The molecule has 31 heavy (non-hydrogen) atoms. The molecule has 1 aliphatic rings. The Labute approximate surface area is 179 Å². The van der Waals surface area contributed by atoms with Crippen molar-refractivity contribution in [2.75, 3.05) is 11.9 Å². The third kappa shape index (κ3) is 3.40. The number of anilines is 1. The number of primary amides is 1. The van der Waals surface area contributed by atoms with Crippen LogP contribution < -0.4 is 11.1 Å². The summed E-state index contributed by atoms with van der Waals surface area (Å²) in [6, 6.07) is 6.31. The molecule has 1 amide bonds. The third-order valence-corrected chi connectivity index (χ3v) is 6.32. The molecule has 1 aliphatic carbocycles. The van der Waals surface area contributed by atoms with Crippen LogP contribution in [0.5, 0.6) is 0 Å². The molecule has 0 atom stereocenters. The van der Waals surface area contributed by atoms with Gasteiger partial charge in [0.15, 0.2) is 4.96 Å². The summed E-state index contributed by atoms with van der Waals surface area (Å²) < 4.78 is 29.6. The number of nitrogens with zero attached hydrogens (tertiary/aromatic N) is 5. The van der Waals surface area contributed by atoms with Gasteiger partial charge >= 0.3 is 0 Å². The van der Waals surface area contributed by atoms with Crippen molar-refractivity contribution < 1.29 is 13.6 Å². The first-order valence-corrected chi connectivity index (χ1v) is 10.4. The second kappa shape index (κ2) is 7.34. The molecule has 1 saturated carbocycles. The Morgan fingerprint density at radius 1 is 1.29 bits per heavy atom. The molecule has 8 nitrogen and oxygen atoms in total. The second-order valence-electron chi connectivity index (χ2n) is 7.54. The van der Waals surface area contributed by atoms with E-state index in [1.54, 1.807) is 28.1 Å². The van der Waals surface area contributed by atoms with Gasteiger partial charge in [-0.15, -0.1) is 21.5 Å². The van der Waals surface area contributed by atoms with Crippen LogP contribution in [0.3, 0.4) is 0 Å². The summed E-state index contributed by atoms with van der Waals surface area (Å²) in [5, 5.41) is 13.1. The molecule has 0 unspecified atom stereocenters. The van der Waals surface area contributed by atoms with Gasteiger partial charge in [-0.3, -0.25) is 14.2 Å². The highest BCUT2D eigenvalue weighted by atomic mass is 32.1. The Kier molecular flexibility index (Phi) is 4.62. The van der Waals surface area contributed by atoms with Crippen LogP contribution in [0.1, 0.15) is 29.0 Å². The molecule has 0 aliphatic heterocycles. The number of carbonyl (C=O) groups is 1. The van der Waals surface area contributed by atoms with Crippen molar-refractivity contribution in [1.82, 2.24) is 24.6 Å². The maximum absolute atomic E-state index is 14.3. The topological polar surface area (TPSA) is 111 Å². The summed E-state index contributed by atoms with van der Waals surface area (Å²) in [5.74, 6) is -0.501. The maximum atomic E-state index is 14.3. The van der Waals surface area contributed by atoms with Crippen molar-refractivity contribution >= 4 is 28.0 Å². The van der Waals surface area contributed by atoms with Gasteiger partial charge in [0, 0.05) is 29.7 Å². The number of thiazole rings is 1. The normalized spacial score (nSPS) is 20.5. The molecule has 1 fully saturated rings. The summed E-state index contributed by atoms with van der Waals surface area (Å²) >= 11 is 1.30. The van der Waals surface area contributed by atoms with E-state index >= 15 is 0 Å². The molecule has 4 heterocycles. The van der Waals surface area contributed by atoms with Crippen molar-refractivity contribution in [2.45, 2.75) is 24.4 Å². The van der Waals surface area contributed by atoms with Gasteiger partial charge in [-0.05, 0) is 37.1 Å². The van der Waals surface area contributed by atoms with Crippen LogP contribution in [0.15, 0.2) is 42.0 Å². The van der Waals surface area contributed by atoms with Crippen LogP contribution in [0.2, 0.25) is 0 Å². The minimum atomic E-state index is -0.975. The number of pyridine rings is 1. The molecule has 11 heteroatoms. The summed E-state index contributed by atoms with van der Waals surface area (Å²) in [6.45, 7) is 0.289. The van der Waals surface area contributed by atoms with Crippen LogP contribution >= 0.6 is 11.3 Å². The fraction of sp³-hybridized carbons (Fsp3) is 0.250. The number of amides is 1. The van der Waals surface area contributed by atoms with E-state index in [4.69, 9.17) is 5.73 Å². The van der Waals surface area contributed by atoms with Crippen LogP contribution in [0, 0.1) is 5.82 Å². The van der Waals surface area contributed by atoms with Crippen LogP contribution in [0.25, 0.3) is 16.3 Å². The number of fused-ring (bicyclic) bond motifs is 1. The lowest BCUT2D eigenvalue weighted by Crippen LogP contribution is -2.49. The number of halogens is 2. The summed E-state index contributed by atoms with van der Waals surface area (Å²) in [5.41, 5.74) is 6.35. The molecule has 0 saturated heterocycles. The highest BCUT2D eigenvalue weighted by Gasteiger charge is 2.48. The Morgan fingerprint density at radius 2 is 2.13 bits per heavy atom. The zero-order valence-corrected chi connectivity index (χ0v) is 16.9. The molecular formula is C20H17F2N7OS. The van der Waals surface area contributed by atoms with Gasteiger partial charge in [0.1, 0.15) is 34.9 Å². The van der Waals surface area contributed by atoms with Gasteiger partial charge in [0.2, 0.25) is 0 Å². The molecule has 4 aromatic heterocycles. The van der Waals surface area contributed by atoms with Gasteiger partial charge in [0.05, 0.1) is 5.69 Å². The minimum absolute atomic E-state index is 0.201. The van der Waals surface area contributed by atoms with Crippen molar-refractivity contribution in [1.29, 1.82) is 0 Å². The molecule has 0 aromatic carbocycles. The van der Waals surface area contributed by atoms with E-state index in [-0.39, 0.29) is 25.1 Å². The number of imidazole rings is 1. The number of alkyl halides is 1. The predicted octanol–water partition coefficient (Wildman–Crippen LogP) is 2.97. The van der Waals surface area contributed by atoms with E-state index in [0.29, 0.717) is 27.9 Å². The Morgan fingerprint density at radius 3 is 2.81 bits per heavy atom. The number of rotatable bonds is 6. The third-order valence-electron chi connectivity index (χ3n) is 5.48. The summed E-state index contributed by atoms with van der Waals surface area (Å²) in [7, 11) is 0. The van der Waals surface area contributed by atoms with Gasteiger partial charge in [-0.1, -0.05) is 0 Å². The SMILES string of the molecule is NC(=O)c1csc2nc(-c3ccc(NCC4(c5ncccc5F)CC(F)C4)nn3)cn12. The summed E-state index contributed by atoms with van der Waals surface area (Å²) in [4.78, 5) is 20.7. The molecule has 5 rings (SSSR count). The first-order chi connectivity index (χ1) is 14.9. The van der Waals surface area contributed by atoms with Crippen molar-refractivity contribution in [3.8, 4) is 11.4 Å². The minimum Gasteiger partial charge on any atom is -0.368 e. The van der Waals surface area contributed by atoms with Gasteiger partial charge < -0.3 is 11.1 Å². The maximum Gasteiger partial charge on any atom is 0.266 e. The highest BCUT2D eigenvalue weighted by Crippen LogP contribution is 2.45. The van der Waals surface area contributed by atoms with E-state index < -0.39 is 23.3 Å². The Balaban J connectivity index is 1.34. The molecule has 158 valence electrons. The average Bonchev–Trinajstić information content (AvgIpc) is 3.32. The highest BCUT2D eigenvalue weighted by molar-refractivity contribution is 7.15. The largest absolute Gasteiger partial charge is 0.368 e. The lowest BCUT2D eigenvalue weighted by molar-refractivity contribution is 0.0963. The van der Waals surface area contributed by atoms with Crippen LogP contribution in [-0.4, -0.2) is 43.2 Å². The smallest absolute Gasteiger partial charge is 0.266 e. The van der Waals surface area contributed by atoms with E-state index in [1.165, 1.54) is 29.7 Å². The Bertz CT molecular complexity index is 1260. The lowest BCUT2D eigenvalue weighted by atomic mass is 9.65. The number of hydrogen-bond acceptors (Lipinski definition) is 7. The molecule has 3 N–H and O–H groups in total. The first kappa shape index (κ1) is 19.5. The molecule has 4 aromatic rings. The quantitative estimate of drug-likeness (QED) is 0.476. The van der Waals surface area contributed by atoms with Crippen LogP contribution in [-0.2, 0) is 5.41 Å². The zero-order chi connectivity index (χ0) is 21.6. The number of nitrogens with one attached hydrogen (secondary N) is 1. The molecule has 0 radical (unpaired) electrons. The van der Waals surface area contributed by atoms with Gasteiger partial charge in [0.25, 0.3) is 5.91 Å². The van der Waals surface area contributed by atoms with Gasteiger partial charge in [-0.2, -0.15) is 0 Å². The number of aromatic nitrogens is 5. The molecule has 0 bridgehead atoms. The van der Waals surface area contributed by atoms with E-state index in [2.05, 4.69) is 25.5 Å². The number of carbonyl (C=O) groups excluding carboxylic acids is 1. The lowest BCUT2D eigenvalue weighted by Gasteiger charge is -2.43. The second-order valence-corrected chi connectivity index (χ2v) is 8.38. The fourth-order valence-corrected chi connectivity index (χ4v) is 4.76. The monoisotopic (exact) mass is 441 g/mol. The van der Waals surface area contributed by atoms with E-state index in [1.807, 2.05) is 0 Å². The first-order valence-electron chi connectivity index (χ1n) is 9.55. The van der Waals surface area contributed by atoms with E-state index in [0.717, 1.165) is 0 Å². The number of hydrogen-bond donors (Lipinski definition) is 2. The van der Waals surface area contributed by atoms with Crippen molar-refractivity contribution in [3.05, 3.63) is 59.2 Å². The molecule has 0 spiro atoms. The van der Waals surface area contributed by atoms with E-state index in [9.17, 15) is 13.6 Å².